The van der Waals surface area contributed by atoms with Crippen molar-refractivity contribution >= 4 is 15.7 Å². The third-order valence-electron chi connectivity index (χ3n) is 4.06. The van der Waals surface area contributed by atoms with E-state index in [1.807, 2.05) is 25.7 Å². The van der Waals surface area contributed by atoms with Crippen molar-refractivity contribution in [3.05, 3.63) is 0 Å². The minimum atomic E-state index is -3.03. The fraction of sp³-hybridized carbons (Fsp3) is 0.929. The van der Waals surface area contributed by atoms with E-state index >= 15 is 0 Å². The van der Waals surface area contributed by atoms with Gasteiger partial charge in [0.25, 0.3) is 0 Å². The van der Waals surface area contributed by atoms with E-state index in [0.29, 0.717) is 26.1 Å². The molecule has 0 aromatic rings. The van der Waals surface area contributed by atoms with Gasteiger partial charge < -0.3 is 9.64 Å². The van der Waals surface area contributed by atoms with E-state index in [-0.39, 0.29) is 29.1 Å². The first-order chi connectivity index (χ1) is 9.12. The second kappa shape index (κ2) is 6.89. The average Bonchev–Trinajstić information content (AvgIpc) is 2.35. The van der Waals surface area contributed by atoms with Crippen LogP contribution in [0.3, 0.4) is 0 Å². The summed E-state index contributed by atoms with van der Waals surface area (Å²) in [4.78, 5) is 13.8. The van der Waals surface area contributed by atoms with Crippen LogP contribution in [0.25, 0.3) is 0 Å². The normalized spacial score (nSPS) is 23.7. The zero-order valence-corrected chi connectivity index (χ0v) is 13.9. The maximum Gasteiger partial charge on any atom is 0.225 e. The molecule has 1 rings (SSSR count). The third-order valence-corrected chi connectivity index (χ3v) is 5.87. The van der Waals surface area contributed by atoms with Gasteiger partial charge in [0, 0.05) is 25.3 Å². The first-order valence-corrected chi connectivity index (χ1v) is 9.17. The van der Waals surface area contributed by atoms with Crippen LogP contribution in [0.2, 0.25) is 0 Å². The molecule has 1 saturated heterocycles. The molecule has 0 radical (unpaired) electrons. The van der Waals surface area contributed by atoms with Gasteiger partial charge in [-0.2, -0.15) is 0 Å². The summed E-state index contributed by atoms with van der Waals surface area (Å²) in [5.74, 6) is 0.146. The maximum absolute atomic E-state index is 12.0. The molecule has 0 aromatic heterocycles. The fourth-order valence-corrected chi connectivity index (χ4v) is 3.41. The number of ether oxygens (including phenoxy) is 1. The zero-order valence-electron chi connectivity index (χ0n) is 13.1. The predicted molar refractivity (Wildman–Crippen MR) is 79.2 cm³/mol. The van der Waals surface area contributed by atoms with Gasteiger partial charge in [-0.15, -0.1) is 0 Å². The first-order valence-electron chi connectivity index (χ1n) is 7.22. The second-order valence-corrected chi connectivity index (χ2v) is 8.58. The number of morpholine rings is 1. The lowest BCUT2D eigenvalue weighted by atomic mass is 9.99. The molecular formula is C14H27NO4S. The number of hydrogen-bond donors (Lipinski definition) is 0. The number of sulfone groups is 1. The summed E-state index contributed by atoms with van der Waals surface area (Å²) in [6, 6.07) is 0. The molecule has 0 saturated carbocycles. The van der Waals surface area contributed by atoms with Gasteiger partial charge in [-0.05, 0) is 19.3 Å². The molecular weight excluding hydrogens is 278 g/mol. The van der Waals surface area contributed by atoms with E-state index in [4.69, 9.17) is 4.74 Å². The van der Waals surface area contributed by atoms with Crippen molar-refractivity contribution in [3.63, 3.8) is 0 Å². The summed E-state index contributed by atoms with van der Waals surface area (Å²) in [5, 5.41) is -0.387. The largest absolute Gasteiger partial charge is 0.375 e. The molecule has 1 heterocycles. The van der Waals surface area contributed by atoms with E-state index in [0.717, 1.165) is 0 Å². The summed E-state index contributed by atoms with van der Waals surface area (Å²) in [6.45, 7) is 9.17. The van der Waals surface area contributed by atoms with Crippen molar-refractivity contribution in [2.75, 3.05) is 26.0 Å². The highest BCUT2D eigenvalue weighted by Crippen LogP contribution is 2.21. The monoisotopic (exact) mass is 305 g/mol. The minimum Gasteiger partial charge on any atom is -0.375 e. The van der Waals surface area contributed by atoms with Crippen LogP contribution in [0, 0.1) is 11.8 Å². The highest BCUT2D eigenvalue weighted by molar-refractivity contribution is 7.91. The van der Waals surface area contributed by atoms with Crippen molar-refractivity contribution in [3.8, 4) is 0 Å². The van der Waals surface area contributed by atoms with Gasteiger partial charge in [-0.3, -0.25) is 4.79 Å². The predicted octanol–water partition coefficient (Wildman–Crippen LogP) is 1.33. The smallest absolute Gasteiger partial charge is 0.225 e. The molecule has 3 atom stereocenters. The molecule has 0 spiro atoms. The summed E-state index contributed by atoms with van der Waals surface area (Å²) >= 11 is 0. The van der Waals surface area contributed by atoms with Crippen LogP contribution in [0.15, 0.2) is 0 Å². The lowest BCUT2D eigenvalue weighted by Crippen LogP contribution is -2.48. The second-order valence-electron chi connectivity index (χ2n) is 6.18. The van der Waals surface area contributed by atoms with Crippen LogP contribution < -0.4 is 0 Å². The number of rotatable bonds is 5. The molecule has 0 aromatic carbocycles. The van der Waals surface area contributed by atoms with Crippen LogP contribution in [0.1, 0.15) is 34.1 Å². The summed E-state index contributed by atoms with van der Waals surface area (Å²) < 4.78 is 28.8. The number of nitrogens with zero attached hydrogens (tertiary/aromatic N) is 1. The molecule has 0 bridgehead atoms. The summed E-state index contributed by atoms with van der Waals surface area (Å²) in [6.07, 6.45) is 1.87. The lowest BCUT2D eigenvalue weighted by molar-refractivity contribution is -0.142. The maximum atomic E-state index is 12.0. The van der Waals surface area contributed by atoms with Gasteiger partial charge in [0.05, 0.1) is 18.0 Å². The Morgan fingerprint density at radius 2 is 1.90 bits per heavy atom. The Morgan fingerprint density at radius 1 is 1.30 bits per heavy atom. The summed E-state index contributed by atoms with van der Waals surface area (Å²) in [5.41, 5.74) is 0. The van der Waals surface area contributed by atoms with E-state index < -0.39 is 9.84 Å². The molecule has 1 amide bonds. The fourth-order valence-electron chi connectivity index (χ4n) is 2.46. The van der Waals surface area contributed by atoms with Crippen molar-refractivity contribution < 1.29 is 17.9 Å². The molecule has 0 aliphatic carbocycles. The molecule has 3 unspecified atom stereocenters. The van der Waals surface area contributed by atoms with Gasteiger partial charge in [0.2, 0.25) is 5.91 Å². The Bertz CT molecular complexity index is 432. The van der Waals surface area contributed by atoms with Crippen molar-refractivity contribution in [1.29, 1.82) is 0 Å². The first kappa shape index (κ1) is 17.4. The quantitative estimate of drug-likeness (QED) is 0.768. The number of carbonyl (C=O) groups is 1. The van der Waals surface area contributed by atoms with E-state index in [1.165, 1.54) is 6.26 Å². The van der Waals surface area contributed by atoms with Crippen LogP contribution >= 0.6 is 0 Å². The lowest BCUT2D eigenvalue weighted by Gasteiger charge is -2.35. The molecule has 118 valence electrons. The SMILES string of the molecule is CC(C)C(=O)N1CCOC(CC(C)C(C)S(C)(=O)=O)C1. The molecule has 1 fully saturated rings. The number of hydrogen-bond acceptors (Lipinski definition) is 4. The van der Waals surface area contributed by atoms with Crippen LogP contribution in [0.5, 0.6) is 0 Å². The Labute approximate surface area is 122 Å². The van der Waals surface area contributed by atoms with Gasteiger partial charge >= 0.3 is 0 Å². The van der Waals surface area contributed by atoms with Gasteiger partial charge in [-0.1, -0.05) is 20.8 Å². The topological polar surface area (TPSA) is 63.7 Å². The molecule has 5 nitrogen and oxygen atoms in total. The van der Waals surface area contributed by atoms with Crippen molar-refractivity contribution in [1.82, 2.24) is 4.90 Å². The van der Waals surface area contributed by atoms with Crippen LogP contribution in [0.4, 0.5) is 0 Å². The third kappa shape index (κ3) is 4.74. The Morgan fingerprint density at radius 3 is 2.40 bits per heavy atom. The van der Waals surface area contributed by atoms with Gasteiger partial charge in [0.15, 0.2) is 0 Å². The number of carbonyl (C=O) groups excluding carboxylic acids is 1. The van der Waals surface area contributed by atoms with E-state index in [2.05, 4.69) is 0 Å². The van der Waals surface area contributed by atoms with Gasteiger partial charge in [0.1, 0.15) is 9.84 Å². The van der Waals surface area contributed by atoms with E-state index in [1.54, 1.807) is 6.92 Å². The Hall–Kier alpha value is -0.620. The molecule has 1 aliphatic heterocycles. The number of amides is 1. The minimum absolute atomic E-state index is 0.0129. The molecule has 6 heteroatoms. The highest BCUT2D eigenvalue weighted by Gasteiger charge is 2.30. The molecule has 0 N–H and O–H groups in total. The van der Waals surface area contributed by atoms with Crippen LogP contribution in [-0.4, -0.2) is 56.5 Å². The van der Waals surface area contributed by atoms with Crippen molar-refractivity contribution in [2.24, 2.45) is 11.8 Å². The zero-order chi connectivity index (χ0) is 15.5. The highest BCUT2D eigenvalue weighted by atomic mass is 32.2. The molecule has 20 heavy (non-hydrogen) atoms. The van der Waals surface area contributed by atoms with Crippen molar-refractivity contribution in [2.45, 2.75) is 45.5 Å². The molecule has 1 aliphatic rings. The Balaban J connectivity index is 2.58. The Kier molecular flexibility index (Phi) is 6.01. The average molecular weight is 305 g/mol. The van der Waals surface area contributed by atoms with Crippen LogP contribution in [-0.2, 0) is 19.4 Å². The standard InChI is InChI=1S/C14H27NO4S/c1-10(2)14(16)15-6-7-19-13(9-15)8-11(3)12(4)20(5,17)18/h10-13H,6-9H2,1-5H3. The summed E-state index contributed by atoms with van der Waals surface area (Å²) in [7, 11) is -3.03. The van der Waals surface area contributed by atoms with E-state index in [9.17, 15) is 13.2 Å². The van der Waals surface area contributed by atoms with Gasteiger partial charge in [-0.25, -0.2) is 8.42 Å².